The first kappa shape index (κ1) is 29.0. The molecule has 4 aromatic rings. The average molecular weight is 577 g/mol. The number of imidazole rings is 2. The number of ether oxygens (including phenoxy) is 1. The van der Waals surface area contributed by atoms with Crippen LogP contribution in [0.3, 0.4) is 0 Å². The Bertz CT molecular complexity index is 1540. The standard InChI is InChI=1S/C31H44N8O3/c1-17(2)38(13-24-28(41)27(40)23(14-42-24)39-16-35-26-29(32)33-15-34-30(26)39)20-10-18(11-20)6-9-25-36-21-8-7-19(31(3,4)5)12-22(21)37-25/h7-8,12,15-18,20,23-24,27-28,40-41H,6,9-11,13-14H2,1-5H3,(H,36,37)(H2,32,33,34)/t18?,20?,23?,24-,27+,28-/m1/s1. The zero-order valence-corrected chi connectivity index (χ0v) is 25.2. The molecule has 0 radical (unpaired) electrons. The van der Waals surface area contributed by atoms with E-state index < -0.39 is 24.4 Å². The molecule has 0 bridgehead atoms. The van der Waals surface area contributed by atoms with E-state index in [0.717, 1.165) is 42.5 Å². The second kappa shape index (κ2) is 11.2. The van der Waals surface area contributed by atoms with Crippen molar-refractivity contribution in [3.05, 3.63) is 42.2 Å². The number of aliphatic hydroxyl groups is 2. The number of benzene rings is 1. The van der Waals surface area contributed by atoms with Crippen molar-refractivity contribution in [2.75, 3.05) is 18.9 Å². The Hall–Kier alpha value is -3.12. The van der Waals surface area contributed by atoms with Gasteiger partial charge in [-0.25, -0.2) is 19.9 Å². The van der Waals surface area contributed by atoms with Gasteiger partial charge < -0.3 is 30.2 Å². The van der Waals surface area contributed by atoms with Crippen molar-refractivity contribution < 1.29 is 14.9 Å². The molecule has 0 spiro atoms. The first-order valence-electron chi connectivity index (χ1n) is 15.1. The molecule has 1 aliphatic carbocycles. The van der Waals surface area contributed by atoms with Crippen LogP contribution in [0.2, 0.25) is 0 Å². The van der Waals surface area contributed by atoms with Crippen molar-refractivity contribution in [1.82, 2.24) is 34.4 Å². The lowest BCUT2D eigenvalue weighted by molar-refractivity contribution is -0.169. The Morgan fingerprint density at radius 2 is 1.93 bits per heavy atom. The van der Waals surface area contributed by atoms with E-state index in [9.17, 15) is 10.2 Å². The van der Waals surface area contributed by atoms with Crippen LogP contribution in [0.1, 0.15) is 71.3 Å². The predicted molar refractivity (Wildman–Crippen MR) is 162 cm³/mol. The summed E-state index contributed by atoms with van der Waals surface area (Å²) in [5, 5.41) is 22.2. The molecule has 11 nitrogen and oxygen atoms in total. The highest BCUT2D eigenvalue weighted by Crippen LogP contribution is 2.37. The summed E-state index contributed by atoms with van der Waals surface area (Å²) in [6, 6.07) is 6.75. The Kier molecular flexibility index (Phi) is 7.71. The van der Waals surface area contributed by atoms with E-state index >= 15 is 0 Å². The first-order chi connectivity index (χ1) is 20.0. The molecule has 2 aliphatic rings. The van der Waals surface area contributed by atoms with Crippen LogP contribution in [0.5, 0.6) is 0 Å². The molecule has 1 aromatic carbocycles. The van der Waals surface area contributed by atoms with Gasteiger partial charge in [-0.2, -0.15) is 0 Å². The Morgan fingerprint density at radius 1 is 1.14 bits per heavy atom. The van der Waals surface area contributed by atoms with Gasteiger partial charge in [0.2, 0.25) is 0 Å². The summed E-state index contributed by atoms with van der Waals surface area (Å²) in [6.45, 7) is 11.9. The molecule has 1 aliphatic heterocycles. The highest BCUT2D eigenvalue weighted by Gasteiger charge is 2.43. The van der Waals surface area contributed by atoms with Crippen molar-refractivity contribution in [3.63, 3.8) is 0 Å². The van der Waals surface area contributed by atoms with Gasteiger partial charge in [-0.3, -0.25) is 4.90 Å². The number of nitrogens with one attached hydrogen (secondary N) is 1. The number of hydrogen-bond acceptors (Lipinski definition) is 9. The fraction of sp³-hybridized carbons (Fsp3) is 0.613. The minimum absolute atomic E-state index is 0.112. The highest BCUT2D eigenvalue weighted by atomic mass is 16.5. The SMILES string of the molecule is CC(C)N(C[C@H]1OCC(n2cnc3c(N)ncnc32)[C@H](O)[C@@H]1O)C1CC(CCc2nc3ccc(C(C)(C)C)cc3[nH]2)C1. The number of hydrogen-bond donors (Lipinski definition) is 4. The summed E-state index contributed by atoms with van der Waals surface area (Å²) in [5.74, 6) is 1.98. The predicted octanol–water partition coefficient (Wildman–Crippen LogP) is 3.37. The van der Waals surface area contributed by atoms with Gasteiger partial charge in [-0.05, 0) is 62.1 Å². The number of aliphatic hydroxyl groups excluding tert-OH is 2. The van der Waals surface area contributed by atoms with Crippen molar-refractivity contribution in [1.29, 1.82) is 0 Å². The molecule has 226 valence electrons. The fourth-order valence-electron chi connectivity index (χ4n) is 6.57. The molecule has 4 atom stereocenters. The molecule has 1 saturated heterocycles. The molecule has 11 heteroatoms. The molecule has 5 N–H and O–H groups in total. The zero-order chi connectivity index (χ0) is 29.8. The number of rotatable bonds is 8. The Morgan fingerprint density at radius 3 is 2.67 bits per heavy atom. The molecular weight excluding hydrogens is 532 g/mol. The maximum Gasteiger partial charge on any atom is 0.165 e. The summed E-state index contributed by atoms with van der Waals surface area (Å²) < 4.78 is 7.90. The largest absolute Gasteiger partial charge is 0.388 e. The highest BCUT2D eigenvalue weighted by molar-refractivity contribution is 5.81. The van der Waals surface area contributed by atoms with Crippen LogP contribution in [0.25, 0.3) is 22.2 Å². The minimum atomic E-state index is -1.04. The number of fused-ring (bicyclic) bond motifs is 2. The number of anilines is 1. The minimum Gasteiger partial charge on any atom is -0.388 e. The van der Waals surface area contributed by atoms with Crippen molar-refractivity contribution in [2.24, 2.45) is 5.92 Å². The lowest BCUT2D eigenvalue weighted by Crippen LogP contribution is -2.58. The first-order valence-corrected chi connectivity index (χ1v) is 15.1. The lowest BCUT2D eigenvalue weighted by atomic mass is 9.76. The van der Waals surface area contributed by atoms with Gasteiger partial charge in [-0.1, -0.05) is 26.8 Å². The van der Waals surface area contributed by atoms with Crippen LogP contribution in [-0.4, -0.2) is 88.1 Å². The van der Waals surface area contributed by atoms with Gasteiger partial charge in [0, 0.05) is 25.0 Å². The van der Waals surface area contributed by atoms with Crippen LogP contribution in [0, 0.1) is 5.92 Å². The fourth-order valence-corrected chi connectivity index (χ4v) is 6.57. The molecule has 0 amide bonds. The quantitative estimate of drug-likeness (QED) is 0.247. The van der Waals surface area contributed by atoms with Gasteiger partial charge in [-0.15, -0.1) is 0 Å². The van der Waals surface area contributed by atoms with Crippen LogP contribution in [-0.2, 0) is 16.6 Å². The van der Waals surface area contributed by atoms with Crippen molar-refractivity contribution in [3.8, 4) is 0 Å². The third-order valence-corrected chi connectivity index (χ3v) is 9.27. The van der Waals surface area contributed by atoms with Crippen molar-refractivity contribution in [2.45, 2.75) is 102 Å². The van der Waals surface area contributed by atoms with E-state index in [-0.39, 0.29) is 17.8 Å². The average Bonchev–Trinajstić information content (AvgIpc) is 3.53. The number of nitrogen functional groups attached to an aromatic ring is 1. The van der Waals surface area contributed by atoms with Crippen LogP contribution in [0.4, 0.5) is 5.82 Å². The van der Waals surface area contributed by atoms with E-state index in [0.29, 0.717) is 35.7 Å². The second-order valence-electron chi connectivity index (χ2n) is 13.5. The summed E-state index contributed by atoms with van der Waals surface area (Å²) in [6.07, 6.45) is 4.67. The van der Waals surface area contributed by atoms with E-state index in [2.05, 4.69) is 77.7 Å². The maximum atomic E-state index is 11.1. The molecule has 1 unspecified atom stereocenters. The number of aryl methyl sites for hydroxylation is 1. The van der Waals surface area contributed by atoms with Gasteiger partial charge in [0.05, 0.1) is 36.1 Å². The summed E-state index contributed by atoms with van der Waals surface area (Å²) in [4.78, 5) is 23.4. The molecule has 3 aromatic heterocycles. The molecule has 6 rings (SSSR count). The summed E-state index contributed by atoms with van der Waals surface area (Å²) >= 11 is 0. The molecule has 2 fully saturated rings. The van der Waals surface area contributed by atoms with E-state index in [4.69, 9.17) is 15.5 Å². The van der Waals surface area contributed by atoms with Crippen molar-refractivity contribution >= 4 is 28.0 Å². The van der Waals surface area contributed by atoms with Crippen LogP contribution >= 0.6 is 0 Å². The van der Waals surface area contributed by atoms with E-state index in [1.165, 1.54) is 11.9 Å². The molecular formula is C31H44N8O3. The van der Waals surface area contributed by atoms with Gasteiger partial charge in [0.1, 0.15) is 29.9 Å². The molecule has 4 heterocycles. The van der Waals surface area contributed by atoms with Crippen LogP contribution in [0.15, 0.2) is 30.9 Å². The second-order valence-corrected chi connectivity index (χ2v) is 13.5. The maximum absolute atomic E-state index is 11.1. The van der Waals surface area contributed by atoms with Gasteiger partial charge in [0.25, 0.3) is 0 Å². The number of aromatic amines is 1. The molecule has 1 saturated carbocycles. The lowest BCUT2D eigenvalue weighted by Gasteiger charge is -2.48. The summed E-state index contributed by atoms with van der Waals surface area (Å²) in [5.41, 5.74) is 10.5. The zero-order valence-electron chi connectivity index (χ0n) is 25.2. The van der Waals surface area contributed by atoms with Crippen LogP contribution < -0.4 is 5.73 Å². The number of nitrogens with two attached hydrogens (primary N) is 1. The topological polar surface area (TPSA) is 151 Å². The smallest absolute Gasteiger partial charge is 0.165 e. The third-order valence-electron chi connectivity index (χ3n) is 9.27. The normalized spacial score (nSPS) is 26.9. The monoisotopic (exact) mass is 576 g/mol. The Balaban J connectivity index is 1.03. The summed E-state index contributed by atoms with van der Waals surface area (Å²) in [7, 11) is 0. The van der Waals surface area contributed by atoms with E-state index in [1.807, 2.05) is 0 Å². The number of aromatic nitrogens is 6. The number of nitrogens with zero attached hydrogens (tertiary/aromatic N) is 6. The Labute approximate surface area is 246 Å². The molecule has 42 heavy (non-hydrogen) atoms. The van der Waals surface area contributed by atoms with Gasteiger partial charge >= 0.3 is 0 Å². The third kappa shape index (κ3) is 5.50. The van der Waals surface area contributed by atoms with Gasteiger partial charge in [0.15, 0.2) is 11.5 Å². The number of H-pyrrole nitrogens is 1. The van der Waals surface area contributed by atoms with E-state index in [1.54, 1.807) is 10.9 Å².